The summed E-state index contributed by atoms with van der Waals surface area (Å²) in [5.41, 5.74) is 5.50. The Morgan fingerprint density at radius 1 is 1.26 bits per heavy atom. The molecule has 0 radical (unpaired) electrons. The first-order chi connectivity index (χ1) is 9.07. The predicted octanol–water partition coefficient (Wildman–Crippen LogP) is 1.56. The third-order valence-corrected chi connectivity index (χ3v) is 5.43. The van der Waals surface area contributed by atoms with Gasteiger partial charge in [-0.15, -0.1) is 0 Å². The predicted molar refractivity (Wildman–Crippen MR) is 80.3 cm³/mol. The summed E-state index contributed by atoms with van der Waals surface area (Å²) < 4.78 is 11.3. The van der Waals surface area contributed by atoms with E-state index in [4.69, 9.17) is 5.73 Å². The molecule has 0 aromatic rings. The number of rotatable bonds is 7. The van der Waals surface area contributed by atoms with Crippen molar-refractivity contribution in [3.8, 4) is 0 Å². The highest BCUT2D eigenvalue weighted by Gasteiger charge is 2.36. The third kappa shape index (κ3) is 4.56. The summed E-state index contributed by atoms with van der Waals surface area (Å²) in [6.45, 7) is 4.60. The summed E-state index contributed by atoms with van der Waals surface area (Å²) in [5, 5.41) is 3.15. The van der Waals surface area contributed by atoms with E-state index in [-0.39, 0.29) is 11.9 Å². The van der Waals surface area contributed by atoms with Crippen LogP contribution in [0.25, 0.3) is 0 Å². The zero-order chi connectivity index (χ0) is 14.3. The maximum atomic E-state index is 12.6. The van der Waals surface area contributed by atoms with Gasteiger partial charge in [-0.2, -0.15) is 0 Å². The number of carbonyl (C=O) groups is 1. The maximum absolute atomic E-state index is 12.6. The number of amides is 1. The van der Waals surface area contributed by atoms with Crippen LogP contribution in [0, 0.1) is 5.41 Å². The molecule has 3 N–H and O–H groups in total. The zero-order valence-electron chi connectivity index (χ0n) is 12.2. The smallest absolute Gasteiger partial charge is 0.227 e. The van der Waals surface area contributed by atoms with Gasteiger partial charge in [-0.05, 0) is 25.7 Å². The second-order valence-electron chi connectivity index (χ2n) is 5.58. The molecule has 1 amide bonds. The van der Waals surface area contributed by atoms with Crippen molar-refractivity contribution in [3.05, 3.63) is 0 Å². The van der Waals surface area contributed by atoms with E-state index in [9.17, 15) is 9.00 Å². The highest BCUT2D eigenvalue weighted by Crippen LogP contribution is 2.29. The summed E-state index contributed by atoms with van der Waals surface area (Å²) in [6.07, 6.45) is 5.30. The molecule has 0 spiro atoms. The Kier molecular flexibility index (Phi) is 7.00. The normalized spacial score (nSPS) is 24.2. The van der Waals surface area contributed by atoms with Crippen molar-refractivity contribution in [1.82, 2.24) is 5.32 Å². The van der Waals surface area contributed by atoms with Crippen LogP contribution >= 0.6 is 0 Å². The van der Waals surface area contributed by atoms with Crippen LogP contribution in [-0.4, -0.2) is 34.2 Å². The minimum absolute atomic E-state index is 0.108. The summed E-state index contributed by atoms with van der Waals surface area (Å²) in [6, 6.07) is 0.185. The van der Waals surface area contributed by atoms with Crippen LogP contribution in [0.2, 0.25) is 0 Å². The molecule has 1 saturated heterocycles. The quantitative estimate of drug-likeness (QED) is 0.747. The molecular formula is C14H28N2O2S. The summed E-state index contributed by atoms with van der Waals surface area (Å²) >= 11 is 0. The molecular weight excluding hydrogens is 260 g/mol. The van der Waals surface area contributed by atoms with Crippen molar-refractivity contribution in [3.63, 3.8) is 0 Å². The first-order valence-electron chi connectivity index (χ1n) is 7.44. The average Bonchev–Trinajstić information content (AvgIpc) is 2.41. The largest absolute Gasteiger partial charge is 0.353 e. The third-order valence-electron chi connectivity index (χ3n) is 4.05. The lowest BCUT2D eigenvalue weighted by molar-refractivity contribution is -0.132. The molecule has 1 aliphatic rings. The van der Waals surface area contributed by atoms with E-state index in [1.807, 2.05) is 0 Å². The first-order valence-corrected chi connectivity index (χ1v) is 8.92. The fraction of sp³-hybridized carbons (Fsp3) is 0.929. The van der Waals surface area contributed by atoms with Gasteiger partial charge in [0, 0.05) is 34.9 Å². The molecule has 0 aromatic heterocycles. The molecule has 19 heavy (non-hydrogen) atoms. The van der Waals surface area contributed by atoms with Crippen molar-refractivity contribution >= 4 is 16.7 Å². The second-order valence-corrected chi connectivity index (χ2v) is 7.28. The summed E-state index contributed by atoms with van der Waals surface area (Å²) in [7, 11) is -0.681. The van der Waals surface area contributed by atoms with Gasteiger partial charge < -0.3 is 11.1 Å². The van der Waals surface area contributed by atoms with Crippen LogP contribution in [0.3, 0.4) is 0 Å². The Balaban J connectivity index is 2.63. The molecule has 0 unspecified atom stereocenters. The Labute approximate surface area is 119 Å². The van der Waals surface area contributed by atoms with Gasteiger partial charge in [-0.3, -0.25) is 9.00 Å². The number of nitrogens with one attached hydrogen (secondary N) is 1. The lowest BCUT2D eigenvalue weighted by Gasteiger charge is -2.33. The van der Waals surface area contributed by atoms with Crippen LogP contribution in [0.15, 0.2) is 0 Å². The molecule has 0 atom stereocenters. The van der Waals surface area contributed by atoms with E-state index in [1.165, 1.54) is 0 Å². The Bertz CT molecular complexity index is 305. The Morgan fingerprint density at radius 2 is 1.79 bits per heavy atom. The lowest BCUT2D eigenvalue weighted by atomic mass is 9.78. The topological polar surface area (TPSA) is 72.2 Å². The van der Waals surface area contributed by atoms with E-state index in [1.54, 1.807) is 0 Å². The summed E-state index contributed by atoms with van der Waals surface area (Å²) in [4.78, 5) is 12.6. The Morgan fingerprint density at radius 3 is 2.21 bits per heavy atom. The van der Waals surface area contributed by atoms with Gasteiger partial charge in [0.25, 0.3) is 0 Å². The monoisotopic (exact) mass is 288 g/mol. The van der Waals surface area contributed by atoms with Crippen LogP contribution in [-0.2, 0) is 15.6 Å². The molecule has 0 saturated carbocycles. The van der Waals surface area contributed by atoms with Gasteiger partial charge in [0.05, 0.1) is 5.41 Å². The first kappa shape index (κ1) is 16.6. The maximum Gasteiger partial charge on any atom is 0.227 e. The van der Waals surface area contributed by atoms with Gasteiger partial charge in [-0.25, -0.2) is 0 Å². The van der Waals surface area contributed by atoms with E-state index < -0.39 is 16.2 Å². The summed E-state index contributed by atoms with van der Waals surface area (Å²) in [5.74, 6) is 1.53. The number of hydrogen-bond acceptors (Lipinski definition) is 3. The number of nitrogens with two attached hydrogens (primary N) is 1. The van der Waals surface area contributed by atoms with Gasteiger partial charge >= 0.3 is 0 Å². The fourth-order valence-corrected chi connectivity index (χ4v) is 4.18. The van der Waals surface area contributed by atoms with Crippen LogP contribution in [0.4, 0.5) is 0 Å². The molecule has 1 heterocycles. The van der Waals surface area contributed by atoms with Crippen molar-refractivity contribution in [2.45, 2.75) is 58.4 Å². The molecule has 112 valence electrons. The SMILES string of the molecule is CCCC(CN)(CCC)C(=O)NC1CCS(=O)CC1. The van der Waals surface area contributed by atoms with Crippen molar-refractivity contribution in [2.75, 3.05) is 18.1 Å². The molecule has 0 aliphatic carbocycles. The van der Waals surface area contributed by atoms with Gasteiger partial charge in [-0.1, -0.05) is 26.7 Å². The standard InChI is InChI=1S/C14H28N2O2S/c1-3-7-14(11-15,8-4-2)13(17)16-12-5-9-19(18)10-6-12/h12H,3-11,15H2,1-2H3,(H,16,17). The minimum atomic E-state index is -0.681. The highest BCUT2D eigenvalue weighted by molar-refractivity contribution is 7.85. The van der Waals surface area contributed by atoms with E-state index >= 15 is 0 Å². The average molecular weight is 288 g/mol. The zero-order valence-corrected chi connectivity index (χ0v) is 13.1. The van der Waals surface area contributed by atoms with Crippen LogP contribution in [0.1, 0.15) is 52.4 Å². The molecule has 0 aromatic carbocycles. The Hall–Kier alpha value is -0.420. The molecule has 1 aliphatic heterocycles. The minimum Gasteiger partial charge on any atom is -0.353 e. The van der Waals surface area contributed by atoms with E-state index in [0.29, 0.717) is 18.1 Å². The lowest BCUT2D eigenvalue weighted by Crippen LogP contribution is -2.50. The van der Waals surface area contributed by atoms with E-state index in [2.05, 4.69) is 19.2 Å². The fourth-order valence-electron chi connectivity index (χ4n) is 2.88. The molecule has 5 heteroatoms. The number of hydrogen-bond donors (Lipinski definition) is 2. The van der Waals surface area contributed by atoms with Crippen LogP contribution < -0.4 is 11.1 Å². The molecule has 4 nitrogen and oxygen atoms in total. The van der Waals surface area contributed by atoms with Gasteiger partial charge in [0.1, 0.15) is 0 Å². The van der Waals surface area contributed by atoms with Gasteiger partial charge in [0.2, 0.25) is 5.91 Å². The molecule has 0 bridgehead atoms. The molecule has 1 rings (SSSR count). The molecule has 1 fully saturated rings. The van der Waals surface area contributed by atoms with E-state index in [0.717, 1.165) is 38.5 Å². The second kappa shape index (κ2) is 8.00. The van der Waals surface area contributed by atoms with Gasteiger partial charge in [0.15, 0.2) is 0 Å². The van der Waals surface area contributed by atoms with Crippen molar-refractivity contribution in [1.29, 1.82) is 0 Å². The van der Waals surface area contributed by atoms with Crippen molar-refractivity contribution < 1.29 is 9.00 Å². The number of carbonyl (C=O) groups excluding carboxylic acids is 1. The van der Waals surface area contributed by atoms with Crippen molar-refractivity contribution in [2.24, 2.45) is 11.1 Å². The highest BCUT2D eigenvalue weighted by atomic mass is 32.2. The van der Waals surface area contributed by atoms with Crippen LogP contribution in [0.5, 0.6) is 0 Å².